The van der Waals surface area contributed by atoms with Gasteiger partial charge in [-0.2, -0.15) is 22.2 Å². The van der Waals surface area contributed by atoms with Crippen molar-refractivity contribution in [1.29, 1.82) is 0 Å². The zero-order chi connectivity index (χ0) is 15.6. The zero-order valence-electron chi connectivity index (χ0n) is 14.4. The van der Waals surface area contributed by atoms with Crippen molar-refractivity contribution in [3.8, 4) is 0 Å². The summed E-state index contributed by atoms with van der Waals surface area (Å²) in [5, 5.41) is 0. The van der Waals surface area contributed by atoms with E-state index >= 15 is 0 Å². The van der Waals surface area contributed by atoms with Gasteiger partial charge in [-0.1, -0.05) is 110 Å². The first-order valence-electron chi connectivity index (χ1n) is 9.55. The van der Waals surface area contributed by atoms with Crippen LogP contribution in [-0.4, -0.2) is 7.42 Å². The van der Waals surface area contributed by atoms with Crippen LogP contribution in [0.25, 0.3) is 0 Å². The third-order valence-corrected chi connectivity index (χ3v) is 6.43. The molecule has 21 heavy (non-hydrogen) atoms. The van der Waals surface area contributed by atoms with Crippen molar-refractivity contribution >= 4 is 29.6 Å². The Morgan fingerprint density at radius 2 is 0.762 bits per heavy atom. The molecular formula is C18H38Cl2Si. The molecule has 0 aliphatic carbocycles. The largest absolute Gasteiger partial charge is 0.237 e. The Labute approximate surface area is 145 Å². The van der Waals surface area contributed by atoms with Gasteiger partial charge in [0.2, 0.25) is 7.42 Å². The van der Waals surface area contributed by atoms with Gasteiger partial charge >= 0.3 is 0 Å². The van der Waals surface area contributed by atoms with E-state index in [2.05, 4.69) is 6.92 Å². The standard InChI is InChI=1S/C18H38Cl2Si/c1-2-3-4-5-6-7-8-9-10-11-12-13-14-15-16-17-18-21(19)20/h21H,2-18H2,1H3. The molecule has 3 heteroatoms. The summed E-state index contributed by atoms with van der Waals surface area (Å²) in [4.78, 5) is 0. The monoisotopic (exact) mass is 352 g/mol. The molecule has 0 amide bonds. The van der Waals surface area contributed by atoms with E-state index in [-0.39, 0.29) is 0 Å². The molecule has 0 aromatic carbocycles. The van der Waals surface area contributed by atoms with Gasteiger partial charge in [0.15, 0.2) is 0 Å². The van der Waals surface area contributed by atoms with E-state index in [1.54, 1.807) is 0 Å². The molecule has 0 rings (SSSR count). The van der Waals surface area contributed by atoms with Crippen LogP contribution in [0, 0.1) is 0 Å². The van der Waals surface area contributed by atoms with Gasteiger partial charge in [0.05, 0.1) is 0 Å². The molecule has 0 atom stereocenters. The molecule has 0 aromatic heterocycles. The Hall–Kier alpha value is 0.797. The molecule has 0 N–H and O–H groups in total. The van der Waals surface area contributed by atoms with Crippen LogP contribution in [0.2, 0.25) is 6.04 Å². The smallest absolute Gasteiger partial charge is 0.150 e. The van der Waals surface area contributed by atoms with E-state index in [1.807, 2.05) is 0 Å². The summed E-state index contributed by atoms with van der Waals surface area (Å²) < 4.78 is 0. The topological polar surface area (TPSA) is 0 Å². The predicted molar refractivity (Wildman–Crippen MR) is 103 cm³/mol. The van der Waals surface area contributed by atoms with Gasteiger partial charge in [0.25, 0.3) is 0 Å². The van der Waals surface area contributed by atoms with Gasteiger partial charge in [-0.15, -0.1) is 0 Å². The number of hydrogen-bond acceptors (Lipinski definition) is 0. The lowest BCUT2D eigenvalue weighted by atomic mass is 10.0. The van der Waals surface area contributed by atoms with Crippen molar-refractivity contribution < 1.29 is 0 Å². The lowest BCUT2D eigenvalue weighted by Gasteiger charge is -2.03. The van der Waals surface area contributed by atoms with Crippen molar-refractivity contribution in [1.82, 2.24) is 0 Å². The molecule has 0 aromatic rings. The summed E-state index contributed by atoms with van der Waals surface area (Å²) in [7, 11) is -1.32. The second-order valence-electron chi connectivity index (χ2n) is 6.48. The third-order valence-electron chi connectivity index (χ3n) is 4.28. The van der Waals surface area contributed by atoms with E-state index in [0.717, 1.165) is 6.04 Å². The highest BCUT2D eigenvalue weighted by molar-refractivity contribution is 7.33. The maximum atomic E-state index is 5.85. The molecule has 0 heterocycles. The molecule has 0 radical (unpaired) electrons. The Morgan fingerprint density at radius 1 is 0.476 bits per heavy atom. The molecule has 0 bridgehead atoms. The lowest BCUT2D eigenvalue weighted by molar-refractivity contribution is 0.531. The van der Waals surface area contributed by atoms with Gasteiger partial charge in [0.1, 0.15) is 0 Å². The summed E-state index contributed by atoms with van der Waals surface area (Å²) in [6.45, 7) is 2.29. The number of hydrogen-bond donors (Lipinski definition) is 0. The van der Waals surface area contributed by atoms with Crippen LogP contribution in [-0.2, 0) is 0 Å². The summed E-state index contributed by atoms with van der Waals surface area (Å²) in [5.74, 6) is 0. The van der Waals surface area contributed by atoms with Gasteiger partial charge in [-0.25, -0.2) is 0 Å². The molecule has 0 fully saturated rings. The minimum Gasteiger partial charge on any atom is -0.150 e. The fraction of sp³-hybridized carbons (Fsp3) is 1.00. The number of unbranched alkanes of at least 4 members (excludes halogenated alkanes) is 15. The van der Waals surface area contributed by atoms with Crippen LogP contribution in [0.3, 0.4) is 0 Å². The fourth-order valence-electron chi connectivity index (χ4n) is 2.85. The fourth-order valence-corrected chi connectivity index (χ4v) is 4.37. The van der Waals surface area contributed by atoms with Crippen LogP contribution in [0.15, 0.2) is 0 Å². The minimum atomic E-state index is -1.32. The highest BCUT2D eigenvalue weighted by Gasteiger charge is 2.00. The third kappa shape index (κ3) is 20.8. The SMILES string of the molecule is CCCCCCCCCCCCCCCCCC[SiH](Cl)Cl. The first kappa shape index (κ1) is 21.8. The zero-order valence-corrected chi connectivity index (χ0v) is 17.0. The van der Waals surface area contributed by atoms with Gasteiger partial charge in [0, 0.05) is 0 Å². The lowest BCUT2D eigenvalue weighted by Crippen LogP contribution is -1.91. The van der Waals surface area contributed by atoms with Crippen molar-refractivity contribution in [2.75, 3.05) is 0 Å². The molecule has 0 unspecified atom stereocenters. The Balaban J connectivity index is 2.93. The van der Waals surface area contributed by atoms with Crippen LogP contribution in [0.4, 0.5) is 0 Å². The van der Waals surface area contributed by atoms with E-state index in [4.69, 9.17) is 22.2 Å². The maximum absolute atomic E-state index is 5.85. The number of rotatable bonds is 17. The first-order valence-corrected chi connectivity index (χ1v) is 13.9. The Morgan fingerprint density at radius 3 is 1.05 bits per heavy atom. The van der Waals surface area contributed by atoms with E-state index < -0.39 is 7.42 Å². The molecular weight excluding hydrogens is 315 g/mol. The van der Waals surface area contributed by atoms with Crippen LogP contribution in [0.5, 0.6) is 0 Å². The highest BCUT2D eigenvalue weighted by Crippen LogP contribution is 2.15. The van der Waals surface area contributed by atoms with Crippen LogP contribution in [0.1, 0.15) is 110 Å². The van der Waals surface area contributed by atoms with Gasteiger partial charge in [-0.05, 0) is 6.04 Å². The van der Waals surface area contributed by atoms with E-state index in [0.29, 0.717) is 0 Å². The van der Waals surface area contributed by atoms with Crippen LogP contribution >= 0.6 is 22.2 Å². The molecule has 0 aliphatic rings. The minimum absolute atomic E-state index is 1.10. The molecule has 0 saturated heterocycles. The summed E-state index contributed by atoms with van der Waals surface area (Å²) in [6.07, 6.45) is 22.7. The predicted octanol–water partition coefficient (Wildman–Crippen LogP) is 7.95. The van der Waals surface area contributed by atoms with Crippen molar-refractivity contribution in [2.45, 2.75) is 116 Å². The molecule has 128 valence electrons. The first-order chi connectivity index (χ1) is 10.3. The Kier molecular flexibility index (Phi) is 19.6. The molecule has 0 aliphatic heterocycles. The second-order valence-corrected chi connectivity index (χ2v) is 11.7. The maximum Gasteiger partial charge on any atom is 0.237 e. The summed E-state index contributed by atoms with van der Waals surface area (Å²) in [6, 6.07) is 1.10. The number of halogens is 2. The summed E-state index contributed by atoms with van der Waals surface area (Å²) in [5.41, 5.74) is 0. The summed E-state index contributed by atoms with van der Waals surface area (Å²) >= 11 is 11.7. The molecule has 0 saturated carbocycles. The average Bonchev–Trinajstić information content (AvgIpc) is 2.46. The molecule has 0 nitrogen and oxygen atoms in total. The van der Waals surface area contributed by atoms with E-state index in [9.17, 15) is 0 Å². The highest BCUT2D eigenvalue weighted by atomic mass is 35.7. The quantitative estimate of drug-likeness (QED) is 0.141. The van der Waals surface area contributed by atoms with Gasteiger partial charge < -0.3 is 0 Å². The van der Waals surface area contributed by atoms with Crippen LogP contribution < -0.4 is 0 Å². The van der Waals surface area contributed by atoms with E-state index in [1.165, 1.54) is 103 Å². The average molecular weight is 353 g/mol. The molecule has 0 spiro atoms. The van der Waals surface area contributed by atoms with Crippen molar-refractivity contribution in [3.05, 3.63) is 0 Å². The second kappa shape index (κ2) is 18.8. The van der Waals surface area contributed by atoms with Gasteiger partial charge in [-0.3, -0.25) is 0 Å². The van der Waals surface area contributed by atoms with Crippen molar-refractivity contribution in [2.24, 2.45) is 0 Å². The van der Waals surface area contributed by atoms with Crippen molar-refractivity contribution in [3.63, 3.8) is 0 Å². The normalized spacial score (nSPS) is 11.4. The Bertz CT molecular complexity index is 186.